The molecule has 0 aliphatic carbocycles. The number of carbonyl (C=O) groups is 1. The first-order valence-corrected chi connectivity index (χ1v) is 4.74. The zero-order chi connectivity index (χ0) is 10.3. The predicted molar refractivity (Wildman–Crippen MR) is 53.6 cm³/mol. The van der Waals surface area contributed by atoms with Gasteiger partial charge < -0.3 is 9.64 Å². The van der Waals surface area contributed by atoms with Crippen molar-refractivity contribution in [3.8, 4) is 0 Å². The van der Waals surface area contributed by atoms with Gasteiger partial charge in [-0.2, -0.15) is 0 Å². The Morgan fingerprint density at radius 2 is 1.62 bits per heavy atom. The lowest BCUT2D eigenvalue weighted by molar-refractivity contribution is -0.117. The van der Waals surface area contributed by atoms with Gasteiger partial charge in [-0.25, -0.2) is 0 Å². The summed E-state index contributed by atoms with van der Waals surface area (Å²) in [7, 11) is 1.71. The van der Waals surface area contributed by atoms with Crippen LogP contribution in [-0.2, 0) is 9.53 Å². The molecule has 0 atom stereocenters. The number of ether oxygens (including phenoxy) is 1. The fourth-order valence-corrected chi connectivity index (χ4v) is 0.847. The molecule has 1 aliphatic rings. The molecule has 1 amide bonds. The van der Waals surface area contributed by atoms with Crippen molar-refractivity contribution in [2.75, 3.05) is 20.2 Å². The summed E-state index contributed by atoms with van der Waals surface area (Å²) < 4.78 is 4.94. The summed E-state index contributed by atoms with van der Waals surface area (Å²) in [6.07, 6.45) is 3.31. The van der Waals surface area contributed by atoms with E-state index >= 15 is 0 Å². The molecule has 0 spiro atoms. The third kappa shape index (κ3) is 7.78. The average molecular weight is 187 g/mol. The highest BCUT2D eigenvalue weighted by Crippen LogP contribution is 2.03. The second kappa shape index (κ2) is 5.97. The van der Waals surface area contributed by atoms with E-state index in [-0.39, 0.29) is 5.60 Å². The van der Waals surface area contributed by atoms with Gasteiger partial charge in [-0.05, 0) is 33.6 Å². The number of hydrogen-bond donors (Lipinski definition) is 0. The first kappa shape index (κ1) is 12.4. The van der Waals surface area contributed by atoms with Crippen molar-refractivity contribution in [3.05, 3.63) is 0 Å². The Morgan fingerprint density at radius 3 is 1.77 bits per heavy atom. The van der Waals surface area contributed by atoms with Gasteiger partial charge in [-0.15, -0.1) is 0 Å². The van der Waals surface area contributed by atoms with E-state index in [0.717, 1.165) is 19.5 Å². The van der Waals surface area contributed by atoms with E-state index in [9.17, 15) is 4.79 Å². The second-order valence-electron chi connectivity index (χ2n) is 4.16. The molecule has 0 saturated carbocycles. The monoisotopic (exact) mass is 187 g/mol. The molecule has 1 aliphatic heterocycles. The predicted octanol–water partition coefficient (Wildman–Crippen LogP) is 1.67. The van der Waals surface area contributed by atoms with Crippen LogP contribution in [-0.4, -0.2) is 37.1 Å². The second-order valence-corrected chi connectivity index (χ2v) is 4.16. The van der Waals surface area contributed by atoms with Crippen LogP contribution in [0.3, 0.4) is 0 Å². The summed E-state index contributed by atoms with van der Waals surface area (Å²) >= 11 is 0. The van der Waals surface area contributed by atoms with E-state index in [1.165, 1.54) is 12.8 Å². The van der Waals surface area contributed by atoms with Gasteiger partial charge in [-0.1, -0.05) is 0 Å². The summed E-state index contributed by atoms with van der Waals surface area (Å²) in [6.45, 7) is 8.01. The van der Waals surface area contributed by atoms with Crippen molar-refractivity contribution in [1.82, 2.24) is 4.90 Å². The van der Waals surface area contributed by atoms with Crippen LogP contribution in [0.25, 0.3) is 0 Å². The first-order valence-electron chi connectivity index (χ1n) is 4.74. The van der Waals surface area contributed by atoms with Crippen molar-refractivity contribution in [3.63, 3.8) is 0 Å². The van der Waals surface area contributed by atoms with E-state index < -0.39 is 0 Å². The molecule has 0 unspecified atom stereocenters. The maximum Gasteiger partial charge on any atom is 0.209 e. The SMILES string of the molecule is COC(C)(C)C.O=CN1CCCC1. The molecule has 0 aromatic carbocycles. The van der Waals surface area contributed by atoms with E-state index in [2.05, 4.69) is 0 Å². The zero-order valence-corrected chi connectivity index (χ0v) is 9.17. The molecule has 78 valence electrons. The molecule has 0 bridgehead atoms. The molecule has 0 aromatic rings. The number of nitrogens with zero attached hydrogens (tertiary/aromatic N) is 1. The van der Waals surface area contributed by atoms with Crippen LogP contribution in [0.4, 0.5) is 0 Å². The van der Waals surface area contributed by atoms with Gasteiger partial charge in [0.2, 0.25) is 6.41 Å². The maximum atomic E-state index is 9.93. The highest BCUT2D eigenvalue weighted by atomic mass is 16.5. The third-order valence-electron chi connectivity index (χ3n) is 1.90. The van der Waals surface area contributed by atoms with Crippen molar-refractivity contribution >= 4 is 6.41 Å². The Hall–Kier alpha value is -0.570. The lowest BCUT2D eigenvalue weighted by Gasteiger charge is -2.14. The lowest BCUT2D eigenvalue weighted by atomic mass is 10.2. The van der Waals surface area contributed by atoms with Crippen molar-refractivity contribution in [1.29, 1.82) is 0 Å². The molecule has 0 N–H and O–H groups in total. The first-order chi connectivity index (χ1) is 5.99. The minimum Gasteiger partial charge on any atom is -0.379 e. The van der Waals surface area contributed by atoms with Gasteiger partial charge in [0.25, 0.3) is 0 Å². The molecule has 3 nitrogen and oxygen atoms in total. The molecule has 13 heavy (non-hydrogen) atoms. The quantitative estimate of drug-likeness (QED) is 0.584. The number of amides is 1. The zero-order valence-electron chi connectivity index (χ0n) is 9.17. The molecule has 1 rings (SSSR count). The van der Waals surface area contributed by atoms with Crippen molar-refractivity contribution in [2.24, 2.45) is 0 Å². The summed E-state index contributed by atoms with van der Waals surface area (Å²) in [6, 6.07) is 0. The molecule has 0 aromatic heterocycles. The Balaban J connectivity index is 0.000000226. The summed E-state index contributed by atoms with van der Waals surface area (Å²) in [5, 5.41) is 0. The highest BCUT2D eigenvalue weighted by molar-refractivity contribution is 5.47. The van der Waals surface area contributed by atoms with Crippen LogP contribution in [0.2, 0.25) is 0 Å². The number of likely N-dealkylation sites (tertiary alicyclic amines) is 1. The Kier molecular flexibility index (Phi) is 5.71. The minimum absolute atomic E-state index is 0.0417. The number of methoxy groups -OCH3 is 1. The normalized spacial score (nSPS) is 16.5. The molecule has 0 radical (unpaired) electrons. The molecular formula is C10H21NO2. The molecule has 1 heterocycles. The van der Waals surface area contributed by atoms with Crippen molar-refractivity contribution in [2.45, 2.75) is 39.2 Å². The maximum absolute atomic E-state index is 9.93. The van der Waals surface area contributed by atoms with E-state index in [1.54, 1.807) is 12.0 Å². The van der Waals surface area contributed by atoms with Gasteiger partial charge in [0, 0.05) is 20.2 Å². The third-order valence-corrected chi connectivity index (χ3v) is 1.90. The topological polar surface area (TPSA) is 29.5 Å². The van der Waals surface area contributed by atoms with Gasteiger partial charge in [-0.3, -0.25) is 4.79 Å². The lowest BCUT2D eigenvalue weighted by Crippen LogP contribution is -2.15. The van der Waals surface area contributed by atoms with Gasteiger partial charge in [0.05, 0.1) is 5.60 Å². The van der Waals surface area contributed by atoms with Crippen LogP contribution >= 0.6 is 0 Å². The smallest absolute Gasteiger partial charge is 0.209 e. The Morgan fingerprint density at radius 1 is 1.23 bits per heavy atom. The Labute approximate surface area is 81.1 Å². The van der Waals surface area contributed by atoms with Gasteiger partial charge in [0.15, 0.2) is 0 Å². The molecular weight excluding hydrogens is 166 g/mol. The largest absolute Gasteiger partial charge is 0.379 e. The average Bonchev–Trinajstić information content (AvgIpc) is 2.56. The van der Waals surface area contributed by atoms with Crippen LogP contribution in [0.1, 0.15) is 33.6 Å². The standard InChI is InChI=1S/C5H9NO.C5H12O/c7-5-6-3-1-2-4-6;1-5(2,3)6-4/h5H,1-4H2;1-4H3. The summed E-state index contributed by atoms with van der Waals surface area (Å²) in [4.78, 5) is 11.7. The van der Waals surface area contributed by atoms with E-state index in [4.69, 9.17) is 4.74 Å². The van der Waals surface area contributed by atoms with Crippen LogP contribution < -0.4 is 0 Å². The summed E-state index contributed by atoms with van der Waals surface area (Å²) in [5.74, 6) is 0. The highest BCUT2D eigenvalue weighted by Gasteiger charge is 2.06. The van der Waals surface area contributed by atoms with E-state index in [1.807, 2.05) is 20.8 Å². The van der Waals surface area contributed by atoms with E-state index in [0.29, 0.717) is 0 Å². The summed E-state index contributed by atoms with van der Waals surface area (Å²) in [5.41, 5.74) is 0.0417. The fraction of sp³-hybridized carbons (Fsp3) is 0.900. The van der Waals surface area contributed by atoms with Crippen LogP contribution in [0.15, 0.2) is 0 Å². The van der Waals surface area contributed by atoms with Crippen molar-refractivity contribution < 1.29 is 9.53 Å². The van der Waals surface area contributed by atoms with Crippen LogP contribution in [0, 0.1) is 0 Å². The number of carbonyl (C=O) groups excluding carboxylic acids is 1. The minimum atomic E-state index is 0.0417. The fourth-order valence-electron chi connectivity index (χ4n) is 0.847. The van der Waals surface area contributed by atoms with Crippen LogP contribution in [0.5, 0.6) is 0 Å². The molecule has 3 heteroatoms. The Bertz CT molecular complexity index is 134. The van der Waals surface area contributed by atoms with Gasteiger partial charge >= 0.3 is 0 Å². The van der Waals surface area contributed by atoms with Gasteiger partial charge in [0.1, 0.15) is 0 Å². The number of rotatable bonds is 1. The molecule has 1 saturated heterocycles. The molecule has 1 fully saturated rings. The number of hydrogen-bond acceptors (Lipinski definition) is 2.